The molecule has 0 aliphatic carbocycles. The highest BCUT2D eigenvalue weighted by Gasteiger charge is 1.96. The van der Waals surface area contributed by atoms with E-state index in [0.29, 0.717) is 6.42 Å². The predicted molar refractivity (Wildman–Crippen MR) is 59.2 cm³/mol. The largest absolute Gasteiger partial charge is 0.356 e. The molecular formula is C9H20N2OS. The first-order valence-corrected chi connectivity index (χ1v) is 6.17. The number of carbonyl (C=O) groups is 1. The number of carbonyl (C=O) groups excluding carboxylic acids is 1. The van der Waals surface area contributed by atoms with Crippen LogP contribution in [0.25, 0.3) is 0 Å². The van der Waals surface area contributed by atoms with Crippen molar-refractivity contribution in [3.8, 4) is 0 Å². The van der Waals surface area contributed by atoms with Gasteiger partial charge in [-0.1, -0.05) is 0 Å². The summed E-state index contributed by atoms with van der Waals surface area (Å²) in [5.74, 6) is 1.33. The zero-order valence-electron chi connectivity index (χ0n) is 8.56. The minimum absolute atomic E-state index is 0.139. The minimum atomic E-state index is 0.139. The molecule has 0 aromatic rings. The van der Waals surface area contributed by atoms with Gasteiger partial charge in [-0.3, -0.25) is 4.79 Å². The molecule has 78 valence electrons. The molecular weight excluding hydrogens is 184 g/mol. The van der Waals surface area contributed by atoms with Crippen molar-refractivity contribution < 1.29 is 4.79 Å². The van der Waals surface area contributed by atoms with Gasteiger partial charge in [0.25, 0.3) is 0 Å². The topological polar surface area (TPSA) is 41.1 Å². The highest BCUT2D eigenvalue weighted by molar-refractivity contribution is 7.98. The maximum Gasteiger partial charge on any atom is 0.221 e. The second kappa shape index (κ2) is 9.86. The van der Waals surface area contributed by atoms with E-state index in [4.69, 9.17) is 0 Å². The average molecular weight is 204 g/mol. The Morgan fingerprint density at radius 2 is 2.15 bits per heavy atom. The third-order valence-electron chi connectivity index (χ3n) is 1.60. The summed E-state index contributed by atoms with van der Waals surface area (Å²) in [6.45, 7) is 4.47. The molecule has 0 heterocycles. The molecule has 1 amide bonds. The third kappa shape index (κ3) is 9.70. The van der Waals surface area contributed by atoms with Crippen LogP contribution < -0.4 is 10.6 Å². The SMILES string of the molecule is CCNC(=O)CCNCCCSC. The maximum absolute atomic E-state index is 11.0. The molecule has 0 fully saturated rings. The fourth-order valence-corrected chi connectivity index (χ4v) is 1.39. The van der Waals surface area contributed by atoms with Gasteiger partial charge in [0.15, 0.2) is 0 Å². The summed E-state index contributed by atoms with van der Waals surface area (Å²) in [7, 11) is 0. The van der Waals surface area contributed by atoms with Crippen LogP contribution in [0.15, 0.2) is 0 Å². The van der Waals surface area contributed by atoms with E-state index < -0.39 is 0 Å². The standard InChI is InChI=1S/C9H20N2OS/c1-3-11-9(12)5-7-10-6-4-8-13-2/h10H,3-8H2,1-2H3,(H,11,12). The molecule has 0 spiro atoms. The summed E-state index contributed by atoms with van der Waals surface area (Å²) in [6, 6.07) is 0. The highest BCUT2D eigenvalue weighted by Crippen LogP contribution is 1.93. The normalized spacial score (nSPS) is 10.0. The van der Waals surface area contributed by atoms with Crippen molar-refractivity contribution in [1.82, 2.24) is 10.6 Å². The molecule has 0 bridgehead atoms. The van der Waals surface area contributed by atoms with Gasteiger partial charge in [-0.2, -0.15) is 11.8 Å². The molecule has 0 atom stereocenters. The highest BCUT2D eigenvalue weighted by atomic mass is 32.2. The van der Waals surface area contributed by atoms with E-state index in [9.17, 15) is 4.79 Å². The Kier molecular flexibility index (Phi) is 9.70. The zero-order chi connectivity index (χ0) is 9.94. The van der Waals surface area contributed by atoms with E-state index in [0.717, 1.165) is 19.6 Å². The van der Waals surface area contributed by atoms with Crippen LogP contribution in [-0.2, 0) is 4.79 Å². The Labute approximate surface area is 85.0 Å². The van der Waals surface area contributed by atoms with Crippen molar-refractivity contribution >= 4 is 17.7 Å². The summed E-state index contributed by atoms with van der Waals surface area (Å²) in [4.78, 5) is 11.0. The first-order valence-electron chi connectivity index (χ1n) is 4.77. The molecule has 2 N–H and O–H groups in total. The van der Waals surface area contributed by atoms with Gasteiger partial charge in [0.2, 0.25) is 5.91 Å². The first-order chi connectivity index (χ1) is 6.31. The van der Waals surface area contributed by atoms with Crippen molar-refractivity contribution in [1.29, 1.82) is 0 Å². The van der Waals surface area contributed by atoms with E-state index in [2.05, 4.69) is 16.9 Å². The second-order valence-electron chi connectivity index (χ2n) is 2.80. The quantitative estimate of drug-likeness (QED) is 0.576. The Balaban J connectivity index is 3.02. The number of hydrogen-bond acceptors (Lipinski definition) is 3. The summed E-state index contributed by atoms with van der Waals surface area (Å²) in [6.07, 6.45) is 3.87. The maximum atomic E-state index is 11.0. The number of hydrogen-bond donors (Lipinski definition) is 2. The van der Waals surface area contributed by atoms with Crippen LogP contribution >= 0.6 is 11.8 Å². The molecule has 0 rings (SSSR count). The molecule has 13 heavy (non-hydrogen) atoms. The van der Waals surface area contributed by atoms with E-state index in [1.807, 2.05) is 18.7 Å². The molecule has 0 radical (unpaired) electrons. The van der Waals surface area contributed by atoms with Crippen LogP contribution in [0.4, 0.5) is 0 Å². The first kappa shape index (κ1) is 12.8. The monoisotopic (exact) mass is 204 g/mol. The predicted octanol–water partition coefficient (Wildman–Crippen LogP) is 0.855. The molecule has 4 heteroatoms. The summed E-state index contributed by atoms with van der Waals surface area (Å²) < 4.78 is 0. The Morgan fingerprint density at radius 3 is 2.77 bits per heavy atom. The summed E-state index contributed by atoms with van der Waals surface area (Å²) in [5.41, 5.74) is 0. The van der Waals surface area contributed by atoms with E-state index >= 15 is 0 Å². The van der Waals surface area contributed by atoms with Crippen molar-refractivity contribution in [3.63, 3.8) is 0 Å². The molecule has 0 unspecified atom stereocenters. The smallest absolute Gasteiger partial charge is 0.221 e. The lowest BCUT2D eigenvalue weighted by molar-refractivity contribution is -0.120. The van der Waals surface area contributed by atoms with Crippen LogP contribution in [0, 0.1) is 0 Å². The van der Waals surface area contributed by atoms with Crippen molar-refractivity contribution in [3.05, 3.63) is 0 Å². The fraction of sp³-hybridized carbons (Fsp3) is 0.889. The zero-order valence-corrected chi connectivity index (χ0v) is 9.38. The Hall–Kier alpha value is -0.220. The number of nitrogens with one attached hydrogen (secondary N) is 2. The van der Waals surface area contributed by atoms with Gasteiger partial charge in [-0.05, 0) is 31.9 Å². The number of thioether (sulfide) groups is 1. The van der Waals surface area contributed by atoms with E-state index in [1.165, 1.54) is 12.2 Å². The Morgan fingerprint density at radius 1 is 1.38 bits per heavy atom. The van der Waals surface area contributed by atoms with Gasteiger partial charge in [-0.25, -0.2) is 0 Å². The minimum Gasteiger partial charge on any atom is -0.356 e. The number of amides is 1. The Bertz CT molecular complexity index is 131. The lowest BCUT2D eigenvalue weighted by Gasteiger charge is -2.03. The van der Waals surface area contributed by atoms with Gasteiger partial charge in [0, 0.05) is 19.5 Å². The molecule has 0 aliphatic heterocycles. The third-order valence-corrected chi connectivity index (χ3v) is 2.30. The summed E-state index contributed by atoms with van der Waals surface area (Å²) >= 11 is 1.85. The molecule has 0 saturated heterocycles. The fourth-order valence-electron chi connectivity index (χ4n) is 0.954. The van der Waals surface area contributed by atoms with E-state index in [1.54, 1.807) is 0 Å². The van der Waals surface area contributed by atoms with Crippen molar-refractivity contribution in [2.75, 3.05) is 31.6 Å². The van der Waals surface area contributed by atoms with Crippen molar-refractivity contribution in [2.24, 2.45) is 0 Å². The molecule has 0 aromatic heterocycles. The summed E-state index contributed by atoms with van der Waals surface area (Å²) in [5, 5.41) is 6.00. The molecule has 3 nitrogen and oxygen atoms in total. The lowest BCUT2D eigenvalue weighted by Crippen LogP contribution is -2.27. The van der Waals surface area contributed by atoms with Crippen LogP contribution in [0.2, 0.25) is 0 Å². The lowest BCUT2D eigenvalue weighted by atomic mass is 10.4. The van der Waals surface area contributed by atoms with Crippen LogP contribution in [0.5, 0.6) is 0 Å². The van der Waals surface area contributed by atoms with Gasteiger partial charge in [-0.15, -0.1) is 0 Å². The average Bonchev–Trinajstić information content (AvgIpc) is 2.11. The number of rotatable bonds is 8. The molecule has 0 saturated carbocycles. The second-order valence-corrected chi connectivity index (χ2v) is 3.79. The molecule has 0 aliphatic rings. The van der Waals surface area contributed by atoms with E-state index in [-0.39, 0.29) is 5.91 Å². The van der Waals surface area contributed by atoms with Gasteiger partial charge >= 0.3 is 0 Å². The van der Waals surface area contributed by atoms with Crippen molar-refractivity contribution in [2.45, 2.75) is 19.8 Å². The van der Waals surface area contributed by atoms with Gasteiger partial charge in [0.05, 0.1) is 0 Å². The van der Waals surface area contributed by atoms with Crippen LogP contribution in [0.1, 0.15) is 19.8 Å². The molecule has 0 aromatic carbocycles. The van der Waals surface area contributed by atoms with Gasteiger partial charge < -0.3 is 10.6 Å². The van der Waals surface area contributed by atoms with Crippen LogP contribution in [-0.4, -0.2) is 37.6 Å². The van der Waals surface area contributed by atoms with Crippen LogP contribution in [0.3, 0.4) is 0 Å². The van der Waals surface area contributed by atoms with Gasteiger partial charge in [0.1, 0.15) is 0 Å².